The average Bonchev–Trinajstić information content (AvgIpc) is 2.72. The fourth-order valence-corrected chi connectivity index (χ4v) is 3.27. The van der Waals surface area contributed by atoms with E-state index < -0.39 is 17.0 Å². The van der Waals surface area contributed by atoms with Gasteiger partial charge in [-0.3, -0.25) is 14.9 Å². The number of benzene rings is 2. The second-order valence-electron chi connectivity index (χ2n) is 5.85. The first-order chi connectivity index (χ1) is 13.4. The van der Waals surface area contributed by atoms with Gasteiger partial charge in [0.05, 0.1) is 15.4 Å². The highest BCUT2D eigenvalue weighted by molar-refractivity contribution is 7.98. The summed E-state index contributed by atoms with van der Waals surface area (Å²) in [6.45, 7) is 4.64. The Hall–Kier alpha value is -2.87. The van der Waals surface area contributed by atoms with Crippen molar-refractivity contribution >= 4 is 29.3 Å². The number of esters is 1. The second-order valence-corrected chi connectivity index (χ2v) is 6.70. The quantitative estimate of drug-likeness (QED) is 0.286. The summed E-state index contributed by atoms with van der Waals surface area (Å²) in [6, 6.07) is 12.9. The zero-order chi connectivity index (χ0) is 20.7. The molecule has 0 aromatic heterocycles. The molecule has 7 nitrogen and oxygen atoms in total. The van der Waals surface area contributed by atoms with Crippen LogP contribution in [0.25, 0.3) is 0 Å². The molecule has 0 radical (unpaired) electrons. The Morgan fingerprint density at radius 2 is 1.79 bits per heavy atom. The van der Waals surface area contributed by atoms with Crippen LogP contribution in [0.15, 0.2) is 53.4 Å². The molecule has 0 heterocycles. The van der Waals surface area contributed by atoms with Crippen molar-refractivity contribution < 1.29 is 19.2 Å². The van der Waals surface area contributed by atoms with Crippen LogP contribution in [0.1, 0.15) is 35.9 Å². The number of carbonyl (C=O) groups is 2. The Balaban J connectivity index is 2.36. The van der Waals surface area contributed by atoms with Gasteiger partial charge in [0.15, 0.2) is 0 Å². The number of thioether (sulfide) groups is 1. The fraction of sp³-hybridized carbons (Fsp3) is 0.300. The van der Waals surface area contributed by atoms with Gasteiger partial charge in [0.2, 0.25) is 6.10 Å². The minimum atomic E-state index is -1.12. The van der Waals surface area contributed by atoms with Crippen LogP contribution in [-0.2, 0) is 9.53 Å². The van der Waals surface area contributed by atoms with Gasteiger partial charge in [-0.25, -0.2) is 4.79 Å². The molecule has 1 atom stereocenters. The molecule has 0 N–H and O–H groups in total. The third-order valence-corrected chi connectivity index (χ3v) is 5.02. The standard InChI is InChI=1S/C20H22N2O5S/c1-4-21(5-2)19(23)18(14-9-7-6-8-10-14)27-20(24)15-11-12-17(28-3)16(13-15)22(25)26/h6-13,18H,4-5H2,1-3H3/t18-/m0/s1. The third kappa shape index (κ3) is 4.89. The number of amides is 1. The van der Waals surface area contributed by atoms with Gasteiger partial charge in [-0.15, -0.1) is 11.8 Å². The summed E-state index contributed by atoms with van der Waals surface area (Å²) in [7, 11) is 0. The molecule has 2 aromatic carbocycles. The number of hydrogen-bond acceptors (Lipinski definition) is 6. The first-order valence-electron chi connectivity index (χ1n) is 8.80. The number of ether oxygens (including phenoxy) is 1. The fourth-order valence-electron chi connectivity index (χ4n) is 2.72. The van der Waals surface area contributed by atoms with Crippen molar-refractivity contribution in [1.29, 1.82) is 0 Å². The zero-order valence-electron chi connectivity index (χ0n) is 16.0. The van der Waals surface area contributed by atoms with E-state index in [1.54, 1.807) is 41.5 Å². The third-order valence-electron chi connectivity index (χ3n) is 4.24. The predicted octanol–water partition coefficient (Wildman–Crippen LogP) is 4.08. The molecule has 0 aliphatic rings. The van der Waals surface area contributed by atoms with Gasteiger partial charge in [0, 0.05) is 24.7 Å². The van der Waals surface area contributed by atoms with Crippen molar-refractivity contribution in [1.82, 2.24) is 4.90 Å². The largest absolute Gasteiger partial charge is 0.444 e. The molecule has 0 bridgehead atoms. The Kier molecular flexibility index (Phi) is 7.57. The molecule has 0 saturated heterocycles. The lowest BCUT2D eigenvalue weighted by molar-refractivity contribution is -0.387. The molecule has 0 unspecified atom stereocenters. The summed E-state index contributed by atoms with van der Waals surface area (Å²) < 4.78 is 5.52. The smallest absolute Gasteiger partial charge is 0.339 e. The monoisotopic (exact) mass is 402 g/mol. The molecule has 28 heavy (non-hydrogen) atoms. The van der Waals surface area contributed by atoms with Crippen molar-refractivity contribution in [2.45, 2.75) is 24.8 Å². The van der Waals surface area contributed by atoms with Crippen LogP contribution < -0.4 is 0 Å². The maximum absolute atomic E-state index is 12.9. The van der Waals surface area contributed by atoms with Crippen molar-refractivity contribution in [2.75, 3.05) is 19.3 Å². The van der Waals surface area contributed by atoms with Crippen LogP contribution in [-0.4, -0.2) is 41.0 Å². The van der Waals surface area contributed by atoms with Crippen LogP contribution in [0.3, 0.4) is 0 Å². The molecule has 0 saturated carbocycles. The number of nitro groups is 1. The molecule has 148 valence electrons. The van der Waals surface area contributed by atoms with Gasteiger partial charge in [-0.1, -0.05) is 30.3 Å². The minimum Gasteiger partial charge on any atom is -0.444 e. The first-order valence-corrected chi connectivity index (χ1v) is 10.0. The molecule has 2 aromatic rings. The van der Waals surface area contributed by atoms with Gasteiger partial charge in [-0.05, 0) is 32.2 Å². The van der Waals surface area contributed by atoms with E-state index in [-0.39, 0.29) is 17.2 Å². The summed E-state index contributed by atoms with van der Waals surface area (Å²) in [6.07, 6.45) is 0.599. The second kappa shape index (κ2) is 9.89. The highest BCUT2D eigenvalue weighted by Gasteiger charge is 2.29. The van der Waals surface area contributed by atoms with E-state index >= 15 is 0 Å². The van der Waals surface area contributed by atoms with Gasteiger partial charge < -0.3 is 9.64 Å². The lowest BCUT2D eigenvalue weighted by Gasteiger charge is -2.25. The van der Waals surface area contributed by atoms with E-state index in [4.69, 9.17) is 4.74 Å². The number of likely N-dealkylation sites (N-methyl/N-ethyl adjacent to an activating group) is 1. The Morgan fingerprint density at radius 1 is 1.14 bits per heavy atom. The lowest BCUT2D eigenvalue weighted by atomic mass is 10.1. The van der Waals surface area contributed by atoms with Gasteiger partial charge in [0.1, 0.15) is 0 Å². The van der Waals surface area contributed by atoms with Crippen LogP contribution in [0.4, 0.5) is 5.69 Å². The Bertz CT molecular complexity index is 853. The van der Waals surface area contributed by atoms with Crippen LogP contribution in [0, 0.1) is 10.1 Å². The highest BCUT2D eigenvalue weighted by atomic mass is 32.2. The molecule has 0 spiro atoms. The number of nitro benzene ring substituents is 1. The van der Waals surface area contributed by atoms with Crippen LogP contribution >= 0.6 is 11.8 Å². The molecule has 8 heteroatoms. The van der Waals surface area contributed by atoms with E-state index in [1.807, 2.05) is 13.8 Å². The van der Waals surface area contributed by atoms with E-state index in [0.717, 1.165) is 0 Å². The molecule has 2 rings (SSSR count). The van der Waals surface area contributed by atoms with E-state index in [0.29, 0.717) is 23.5 Å². The summed E-state index contributed by atoms with van der Waals surface area (Å²) in [5, 5.41) is 11.3. The summed E-state index contributed by atoms with van der Waals surface area (Å²) >= 11 is 1.22. The van der Waals surface area contributed by atoms with Gasteiger partial charge in [-0.2, -0.15) is 0 Å². The number of rotatable bonds is 8. The highest BCUT2D eigenvalue weighted by Crippen LogP contribution is 2.29. The van der Waals surface area contributed by atoms with Crippen LogP contribution in [0.2, 0.25) is 0 Å². The summed E-state index contributed by atoms with van der Waals surface area (Å²) in [4.78, 5) is 38.3. The summed E-state index contributed by atoms with van der Waals surface area (Å²) in [5.74, 6) is -1.12. The van der Waals surface area contributed by atoms with Gasteiger partial charge in [0.25, 0.3) is 11.6 Å². The molecule has 0 fully saturated rings. The number of nitrogens with zero attached hydrogens (tertiary/aromatic N) is 2. The number of hydrogen-bond donors (Lipinski definition) is 0. The number of carbonyl (C=O) groups excluding carboxylic acids is 2. The SMILES string of the molecule is CCN(CC)C(=O)[C@@H](OC(=O)c1ccc(SC)c([N+](=O)[O-])c1)c1ccccc1. The van der Waals surface area contributed by atoms with Crippen molar-refractivity contribution in [3.63, 3.8) is 0 Å². The zero-order valence-corrected chi connectivity index (χ0v) is 16.8. The van der Waals surface area contributed by atoms with E-state index in [1.165, 1.54) is 30.0 Å². The molecule has 0 aliphatic carbocycles. The minimum absolute atomic E-state index is 0.0257. The lowest BCUT2D eigenvalue weighted by Crippen LogP contribution is -2.36. The molecule has 0 aliphatic heterocycles. The first kappa shape index (κ1) is 21.4. The Morgan fingerprint density at radius 3 is 2.32 bits per heavy atom. The topological polar surface area (TPSA) is 89.8 Å². The van der Waals surface area contributed by atoms with Crippen molar-refractivity contribution in [3.8, 4) is 0 Å². The Labute approximate surface area is 167 Å². The maximum Gasteiger partial charge on any atom is 0.339 e. The predicted molar refractivity (Wildman–Crippen MR) is 107 cm³/mol. The van der Waals surface area contributed by atoms with Crippen molar-refractivity contribution in [3.05, 3.63) is 69.8 Å². The average molecular weight is 402 g/mol. The molecular formula is C20H22N2O5S. The van der Waals surface area contributed by atoms with Crippen molar-refractivity contribution in [2.24, 2.45) is 0 Å². The maximum atomic E-state index is 12.9. The summed E-state index contributed by atoms with van der Waals surface area (Å²) in [5.41, 5.74) is 0.397. The van der Waals surface area contributed by atoms with Gasteiger partial charge >= 0.3 is 5.97 Å². The normalized spacial score (nSPS) is 11.5. The molecule has 1 amide bonds. The van der Waals surface area contributed by atoms with E-state index in [9.17, 15) is 19.7 Å². The van der Waals surface area contributed by atoms with Crippen LogP contribution in [0.5, 0.6) is 0 Å². The molecular weight excluding hydrogens is 380 g/mol. The van der Waals surface area contributed by atoms with E-state index in [2.05, 4.69) is 0 Å².